The molecule has 12 nitrogen and oxygen atoms in total. The van der Waals surface area contributed by atoms with Gasteiger partial charge in [0.15, 0.2) is 6.73 Å². The van der Waals surface area contributed by atoms with Gasteiger partial charge in [-0.05, 0) is 99.8 Å². The van der Waals surface area contributed by atoms with E-state index < -0.39 is 5.92 Å². The topological polar surface area (TPSA) is 124 Å². The minimum absolute atomic E-state index is 0.0183. The molecule has 2 amide bonds. The number of piperidine rings is 2. The van der Waals surface area contributed by atoms with Crippen LogP contribution in [-0.2, 0) is 32.3 Å². The van der Waals surface area contributed by atoms with Crippen LogP contribution < -0.4 is 5.56 Å². The number of hydrogen-bond donors (Lipinski definition) is 1. The molecular formula is C41H53N7O5. The van der Waals surface area contributed by atoms with Crippen LogP contribution >= 0.6 is 0 Å². The smallest absolute Gasteiger partial charge is 0.307 e. The summed E-state index contributed by atoms with van der Waals surface area (Å²) >= 11 is 0. The number of H-pyrrole nitrogens is 1. The SMILES string of the molecule is CCC(=O)OCn1c(=O)c(C2CCN(C(=O)C[C@H](Cc3cc(C)c4[nH]ncc4c3)C(=O)N3CCN(C4CCN(C)CC4)CC3)CC2)cc2ccccc21. The molecule has 4 aromatic rings. The van der Waals surface area contributed by atoms with Gasteiger partial charge in [0.2, 0.25) is 11.8 Å². The zero-order valence-corrected chi connectivity index (χ0v) is 31.4. The third-order valence-electron chi connectivity index (χ3n) is 11.9. The van der Waals surface area contributed by atoms with Crippen molar-refractivity contribution in [2.45, 2.75) is 77.5 Å². The van der Waals surface area contributed by atoms with Gasteiger partial charge in [0.25, 0.3) is 5.56 Å². The fourth-order valence-corrected chi connectivity index (χ4v) is 8.68. The molecule has 3 aliphatic heterocycles. The zero-order valence-electron chi connectivity index (χ0n) is 31.4. The van der Waals surface area contributed by atoms with Gasteiger partial charge < -0.3 is 19.4 Å². The highest BCUT2D eigenvalue weighted by molar-refractivity contribution is 5.87. The Bertz CT molecular complexity index is 2000. The van der Waals surface area contributed by atoms with E-state index in [1.165, 1.54) is 12.8 Å². The Morgan fingerprint density at radius 3 is 2.38 bits per heavy atom. The van der Waals surface area contributed by atoms with Gasteiger partial charge in [0.05, 0.1) is 23.1 Å². The maximum Gasteiger partial charge on any atom is 0.307 e. The first-order chi connectivity index (χ1) is 25.7. The zero-order chi connectivity index (χ0) is 37.1. The van der Waals surface area contributed by atoms with Gasteiger partial charge in [-0.25, -0.2) is 0 Å². The number of rotatable bonds is 10. The highest BCUT2D eigenvalue weighted by atomic mass is 16.5. The van der Waals surface area contributed by atoms with Crippen LogP contribution in [0.4, 0.5) is 0 Å². The molecule has 0 bridgehead atoms. The van der Waals surface area contributed by atoms with Crippen LogP contribution in [0.5, 0.6) is 0 Å². The summed E-state index contributed by atoms with van der Waals surface area (Å²) in [4.78, 5) is 62.9. The molecule has 3 saturated heterocycles. The number of carbonyl (C=O) groups excluding carboxylic acids is 3. The van der Waals surface area contributed by atoms with Crippen LogP contribution in [0.25, 0.3) is 21.8 Å². The molecule has 0 unspecified atom stereocenters. The fourth-order valence-electron chi connectivity index (χ4n) is 8.68. The number of fused-ring (bicyclic) bond motifs is 2. The molecule has 282 valence electrons. The molecule has 2 aromatic heterocycles. The number of esters is 1. The predicted molar refractivity (Wildman–Crippen MR) is 204 cm³/mol. The Labute approximate surface area is 311 Å². The molecule has 0 spiro atoms. The fraction of sp³-hybridized carbons (Fsp3) is 0.537. The van der Waals surface area contributed by atoms with Crippen LogP contribution in [0, 0.1) is 12.8 Å². The first-order valence-electron chi connectivity index (χ1n) is 19.4. The Morgan fingerprint density at radius 1 is 0.906 bits per heavy atom. The molecule has 1 N–H and O–H groups in total. The number of amides is 2. The van der Waals surface area contributed by atoms with Crippen LogP contribution in [0.1, 0.15) is 68.1 Å². The summed E-state index contributed by atoms with van der Waals surface area (Å²) in [6.07, 6.45) is 6.29. The van der Waals surface area contributed by atoms with E-state index in [0.29, 0.717) is 57.0 Å². The quantitative estimate of drug-likeness (QED) is 0.241. The molecule has 3 aliphatic rings. The normalized spacial score (nSPS) is 18.8. The van der Waals surface area contributed by atoms with Gasteiger partial charge in [0, 0.05) is 69.1 Å². The number of pyridine rings is 1. The maximum absolute atomic E-state index is 14.3. The molecular weight excluding hydrogens is 670 g/mol. The lowest BCUT2D eigenvalue weighted by Crippen LogP contribution is -2.55. The summed E-state index contributed by atoms with van der Waals surface area (Å²) in [5.74, 6) is -0.830. The lowest BCUT2D eigenvalue weighted by atomic mass is 9.88. The van der Waals surface area contributed by atoms with E-state index in [1.807, 2.05) is 53.3 Å². The molecule has 3 fully saturated rings. The summed E-state index contributed by atoms with van der Waals surface area (Å²) in [6.45, 7) is 9.98. The number of nitrogens with zero attached hydrogens (tertiary/aromatic N) is 6. The van der Waals surface area contributed by atoms with Crippen molar-refractivity contribution in [3.05, 3.63) is 75.7 Å². The second-order valence-electron chi connectivity index (χ2n) is 15.3. The van der Waals surface area contributed by atoms with Crippen molar-refractivity contribution >= 4 is 39.6 Å². The lowest BCUT2D eigenvalue weighted by Gasteiger charge is -2.43. The van der Waals surface area contributed by atoms with Crippen molar-refractivity contribution in [3.63, 3.8) is 0 Å². The van der Waals surface area contributed by atoms with Gasteiger partial charge in [-0.3, -0.25) is 33.7 Å². The van der Waals surface area contributed by atoms with E-state index in [-0.39, 0.29) is 48.8 Å². The van der Waals surface area contributed by atoms with E-state index in [2.05, 4.69) is 39.2 Å². The first-order valence-corrected chi connectivity index (χ1v) is 19.4. The number of nitrogens with one attached hydrogen (secondary N) is 1. The van der Waals surface area contributed by atoms with E-state index >= 15 is 0 Å². The number of ether oxygens (including phenoxy) is 1. The number of piperazine rings is 1. The van der Waals surface area contributed by atoms with Crippen LogP contribution in [0.2, 0.25) is 0 Å². The van der Waals surface area contributed by atoms with E-state index in [1.54, 1.807) is 11.5 Å². The van der Waals surface area contributed by atoms with Crippen molar-refractivity contribution < 1.29 is 19.1 Å². The van der Waals surface area contributed by atoms with Crippen molar-refractivity contribution in [1.82, 2.24) is 34.4 Å². The number of para-hydroxylation sites is 1. The molecule has 0 radical (unpaired) electrons. The molecule has 2 aromatic carbocycles. The van der Waals surface area contributed by atoms with Crippen LogP contribution in [-0.4, -0.2) is 118 Å². The van der Waals surface area contributed by atoms with Crippen molar-refractivity contribution in [3.8, 4) is 0 Å². The second kappa shape index (κ2) is 16.2. The van der Waals surface area contributed by atoms with E-state index in [9.17, 15) is 19.2 Å². The molecule has 12 heteroatoms. The Balaban J connectivity index is 1.04. The number of carbonyl (C=O) groups is 3. The molecule has 7 rings (SSSR count). The van der Waals surface area contributed by atoms with Gasteiger partial charge in [-0.1, -0.05) is 31.2 Å². The minimum Gasteiger partial charge on any atom is -0.444 e. The van der Waals surface area contributed by atoms with E-state index in [0.717, 1.165) is 59.1 Å². The Morgan fingerprint density at radius 2 is 1.64 bits per heavy atom. The lowest BCUT2D eigenvalue weighted by molar-refractivity contribution is -0.147. The standard InChI is InChI=1S/C41H53N7O5/c1-4-38(50)53-27-48-36-8-6-5-7-31(36)24-35(41(48)52)30-9-15-46(16-10-30)37(49)25-32(22-29-21-28(2)39-33(23-29)26-42-43-39)40(51)47-19-17-45(18-20-47)34-11-13-44(3)14-12-34/h5-8,21,23-24,26,30,32,34H,4,9-20,22,25,27H2,1-3H3,(H,42,43)/t32-/m0/s1. The number of hydrogen-bond acceptors (Lipinski definition) is 8. The highest BCUT2D eigenvalue weighted by Gasteiger charge is 2.34. The minimum atomic E-state index is -0.475. The molecule has 0 aliphatic carbocycles. The van der Waals surface area contributed by atoms with Gasteiger partial charge in [-0.15, -0.1) is 0 Å². The van der Waals surface area contributed by atoms with Crippen LogP contribution in [0.3, 0.4) is 0 Å². The predicted octanol–water partition coefficient (Wildman–Crippen LogP) is 4.29. The van der Waals surface area contributed by atoms with Crippen LogP contribution in [0.15, 0.2) is 53.5 Å². The molecule has 53 heavy (non-hydrogen) atoms. The molecule has 1 atom stereocenters. The summed E-state index contributed by atoms with van der Waals surface area (Å²) < 4.78 is 6.93. The monoisotopic (exact) mass is 723 g/mol. The maximum atomic E-state index is 14.3. The highest BCUT2D eigenvalue weighted by Crippen LogP contribution is 2.30. The average Bonchev–Trinajstić information content (AvgIpc) is 3.67. The number of benzene rings is 2. The third kappa shape index (κ3) is 8.18. The summed E-state index contributed by atoms with van der Waals surface area (Å²) in [6, 6.07) is 14.4. The number of likely N-dealkylation sites (tertiary alicyclic amines) is 2. The van der Waals surface area contributed by atoms with E-state index in [4.69, 9.17) is 4.74 Å². The first kappa shape index (κ1) is 36.8. The average molecular weight is 724 g/mol. The molecule has 0 saturated carbocycles. The second-order valence-corrected chi connectivity index (χ2v) is 15.3. The van der Waals surface area contributed by atoms with Crippen molar-refractivity contribution in [2.75, 3.05) is 59.4 Å². The number of aromatic nitrogens is 3. The number of aromatic amines is 1. The van der Waals surface area contributed by atoms with Crippen molar-refractivity contribution in [2.24, 2.45) is 5.92 Å². The molecule has 5 heterocycles. The third-order valence-corrected chi connectivity index (χ3v) is 11.9. The number of aryl methyl sites for hydroxylation is 1. The Hall–Kier alpha value is -4.55. The van der Waals surface area contributed by atoms with Gasteiger partial charge >= 0.3 is 5.97 Å². The largest absolute Gasteiger partial charge is 0.444 e. The summed E-state index contributed by atoms with van der Waals surface area (Å²) in [5, 5.41) is 9.19. The Kier molecular flexibility index (Phi) is 11.3. The van der Waals surface area contributed by atoms with Crippen molar-refractivity contribution in [1.29, 1.82) is 0 Å². The van der Waals surface area contributed by atoms with Gasteiger partial charge in [-0.2, -0.15) is 5.10 Å². The van der Waals surface area contributed by atoms with Gasteiger partial charge in [0.1, 0.15) is 0 Å². The summed E-state index contributed by atoms with van der Waals surface area (Å²) in [5.41, 5.74) is 4.32. The summed E-state index contributed by atoms with van der Waals surface area (Å²) in [7, 11) is 2.18.